The number of hydrogen-bond donors (Lipinski definition) is 1. The van der Waals surface area contributed by atoms with Crippen molar-refractivity contribution in [2.45, 2.75) is 6.92 Å². The Morgan fingerprint density at radius 3 is 2.26 bits per heavy atom. The molecular weight excluding hydrogens is 350 g/mol. The minimum absolute atomic E-state index is 0.780. The topological polar surface area (TPSA) is 37.3 Å². The minimum Gasteiger partial charge on any atom is -0.253 e. The van der Waals surface area contributed by atoms with Gasteiger partial charge in [0.15, 0.2) is 0 Å². The van der Waals surface area contributed by atoms with Crippen molar-refractivity contribution in [2.75, 3.05) is 5.43 Å². The zero-order chi connectivity index (χ0) is 18.5. The lowest BCUT2D eigenvalue weighted by atomic mass is 10.0. The molecule has 0 spiro atoms. The molecule has 3 nitrogen and oxygen atoms in total. The van der Waals surface area contributed by atoms with Crippen molar-refractivity contribution in [3.63, 3.8) is 0 Å². The highest BCUT2D eigenvalue weighted by molar-refractivity contribution is 7.14. The molecule has 0 aliphatic rings. The maximum Gasteiger partial charge on any atom is 0.203 e. The van der Waals surface area contributed by atoms with E-state index >= 15 is 0 Å². The van der Waals surface area contributed by atoms with Gasteiger partial charge in [-0.2, -0.15) is 5.10 Å². The number of nitrogens with one attached hydrogen (secondary N) is 1. The molecule has 0 atom stereocenters. The average Bonchev–Trinajstić information content (AvgIpc) is 3.19. The summed E-state index contributed by atoms with van der Waals surface area (Å²) in [7, 11) is 0. The molecule has 0 aliphatic heterocycles. The third kappa shape index (κ3) is 4.13. The van der Waals surface area contributed by atoms with E-state index in [1.165, 1.54) is 16.7 Å². The van der Waals surface area contributed by atoms with E-state index in [0.29, 0.717) is 0 Å². The molecule has 132 valence electrons. The van der Waals surface area contributed by atoms with Crippen molar-refractivity contribution in [1.82, 2.24) is 4.98 Å². The van der Waals surface area contributed by atoms with Crippen molar-refractivity contribution in [3.8, 4) is 22.4 Å². The van der Waals surface area contributed by atoms with Gasteiger partial charge in [0.05, 0.1) is 11.9 Å². The second-order valence-corrected chi connectivity index (χ2v) is 7.07. The molecule has 27 heavy (non-hydrogen) atoms. The van der Waals surface area contributed by atoms with Crippen LogP contribution < -0.4 is 5.43 Å². The fourth-order valence-corrected chi connectivity index (χ4v) is 3.48. The first-order chi connectivity index (χ1) is 13.3. The summed E-state index contributed by atoms with van der Waals surface area (Å²) in [5.41, 5.74) is 9.79. The molecule has 0 fully saturated rings. The van der Waals surface area contributed by atoms with E-state index in [2.05, 4.69) is 77.0 Å². The third-order valence-electron chi connectivity index (χ3n) is 4.34. The van der Waals surface area contributed by atoms with Crippen LogP contribution in [0.5, 0.6) is 0 Å². The van der Waals surface area contributed by atoms with Crippen molar-refractivity contribution >= 4 is 22.7 Å². The van der Waals surface area contributed by atoms with Crippen LogP contribution in [0.3, 0.4) is 0 Å². The molecule has 1 aromatic heterocycles. The van der Waals surface area contributed by atoms with Crippen LogP contribution in [0.1, 0.15) is 11.1 Å². The summed E-state index contributed by atoms with van der Waals surface area (Å²) >= 11 is 1.55. The van der Waals surface area contributed by atoms with Crippen LogP contribution in [0, 0.1) is 6.92 Å². The second kappa shape index (κ2) is 7.98. The first kappa shape index (κ1) is 17.2. The van der Waals surface area contributed by atoms with Crippen LogP contribution in [0.15, 0.2) is 89.3 Å². The summed E-state index contributed by atoms with van der Waals surface area (Å²) in [5, 5.41) is 7.13. The molecule has 4 heteroatoms. The number of aromatic nitrogens is 1. The molecular formula is C23H19N3S. The molecule has 0 amide bonds. The average molecular weight is 369 g/mol. The van der Waals surface area contributed by atoms with Gasteiger partial charge in [0.2, 0.25) is 5.13 Å². The van der Waals surface area contributed by atoms with Gasteiger partial charge in [0.25, 0.3) is 0 Å². The van der Waals surface area contributed by atoms with Crippen LogP contribution in [-0.2, 0) is 0 Å². The van der Waals surface area contributed by atoms with Gasteiger partial charge in [-0.15, -0.1) is 11.3 Å². The predicted molar refractivity (Wildman–Crippen MR) is 115 cm³/mol. The van der Waals surface area contributed by atoms with E-state index < -0.39 is 0 Å². The number of rotatable bonds is 5. The first-order valence-electron chi connectivity index (χ1n) is 8.76. The van der Waals surface area contributed by atoms with Crippen LogP contribution in [0.2, 0.25) is 0 Å². The molecule has 0 unspecified atom stereocenters. The highest BCUT2D eigenvalue weighted by Crippen LogP contribution is 2.27. The fraction of sp³-hybridized carbons (Fsp3) is 0.0435. The Bertz CT molecular complexity index is 1050. The molecule has 1 heterocycles. The van der Waals surface area contributed by atoms with Gasteiger partial charge in [-0.25, -0.2) is 4.98 Å². The number of anilines is 1. The Morgan fingerprint density at radius 1 is 0.815 bits per heavy atom. The Hall–Kier alpha value is -3.24. The highest BCUT2D eigenvalue weighted by atomic mass is 32.1. The molecule has 4 rings (SSSR count). The van der Waals surface area contributed by atoms with E-state index in [-0.39, 0.29) is 0 Å². The maximum absolute atomic E-state index is 4.63. The Balaban J connectivity index is 1.45. The molecule has 4 aromatic rings. The van der Waals surface area contributed by atoms with Crippen molar-refractivity contribution in [1.29, 1.82) is 0 Å². The molecule has 1 N–H and O–H groups in total. The van der Waals surface area contributed by atoms with Crippen molar-refractivity contribution in [3.05, 3.63) is 95.4 Å². The molecule has 0 radical (unpaired) electrons. The summed E-state index contributed by atoms with van der Waals surface area (Å²) in [6.45, 7) is 2.07. The zero-order valence-corrected chi connectivity index (χ0v) is 15.8. The zero-order valence-electron chi connectivity index (χ0n) is 15.0. The normalized spacial score (nSPS) is 11.0. The lowest BCUT2D eigenvalue weighted by Gasteiger charge is -2.02. The first-order valence-corrected chi connectivity index (χ1v) is 9.64. The lowest BCUT2D eigenvalue weighted by molar-refractivity contribution is 1.28. The SMILES string of the molecule is Cc1ccccc1/C=N/Nc1nc(-c2ccc(-c3ccccc3)cc2)cs1. The maximum atomic E-state index is 4.63. The van der Waals surface area contributed by atoms with Gasteiger partial charge in [-0.1, -0.05) is 78.9 Å². The number of benzene rings is 3. The van der Waals surface area contributed by atoms with E-state index in [9.17, 15) is 0 Å². The van der Waals surface area contributed by atoms with E-state index in [1.54, 1.807) is 11.3 Å². The molecule has 0 bridgehead atoms. The van der Waals surface area contributed by atoms with Crippen LogP contribution in [-0.4, -0.2) is 11.2 Å². The van der Waals surface area contributed by atoms with Crippen molar-refractivity contribution < 1.29 is 0 Å². The molecule has 3 aromatic carbocycles. The largest absolute Gasteiger partial charge is 0.253 e. The lowest BCUT2D eigenvalue weighted by Crippen LogP contribution is -1.92. The van der Waals surface area contributed by atoms with Gasteiger partial charge in [-0.05, 0) is 29.2 Å². The second-order valence-electron chi connectivity index (χ2n) is 6.21. The van der Waals surface area contributed by atoms with E-state index in [1.807, 2.05) is 35.9 Å². The smallest absolute Gasteiger partial charge is 0.203 e. The number of hydrogen-bond acceptors (Lipinski definition) is 4. The Labute approximate surface area is 163 Å². The standard InChI is InChI=1S/C23H19N3S/c1-17-7-5-6-10-21(17)15-24-26-23-25-22(16-27-23)20-13-11-19(12-14-20)18-8-3-2-4-9-18/h2-16H,1H3,(H,25,26)/b24-15+. The number of hydrazone groups is 1. The van der Waals surface area contributed by atoms with Crippen LogP contribution in [0.4, 0.5) is 5.13 Å². The summed E-state index contributed by atoms with van der Waals surface area (Å²) in [4.78, 5) is 4.63. The number of aryl methyl sites for hydroxylation is 1. The Morgan fingerprint density at radius 2 is 1.48 bits per heavy atom. The monoisotopic (exact) mass is 369 g/mol. The van der Waals surface area contributed by atoms with Gasteiger partial charge < -0.3 is 0 Å². The summed E-state index contributed by atoms with van der Waals surface area (Å²) in [6, 6.07) is 27.0. The quantitative estimate of drug-likeness (QED) is 0.334. The van der Waals surface area contributed by atoms with Gasteiger partial charge in [0, 0.05) is 10.9 Å². The summed E-state index contributed by atoms with van der Waals surface area (Å²) in [6.07, 6.45) is 1.82. The molecule has 0 aliphatic carbocycles. The summed E-state index contributed by atoms with van der Waals surface area (Å²) < 4.78 is 0. The molecule has 0 saturated carbocycles. The van der Waals surface area contributed by atoms with Gasteiger partial charge in [0.1, 0.15) is 0 Å². The predicted octanol–water partition coefficient (Wildman–Crippen LogP) is 6.23. The number of nitrogens with zero attached hydrogens (tertiary/aromatic N) is 2. The third-order valence-corrected chi connectivity index (χ3v) is 5.09. The van der Waals surface area contributed by atoms with E-state index in [4.69, 9.17) is 0 Å². The van der Waals surface area contributed by atoms with Gasteiger partial charge in [-0.3, -0.25) is 5.43 Å². The highest BCUT2D eigenvalue weighted by Gasteiger charge is 2.05. The van der Waals surface area contributed by atoms with E-state index in [0.717, 1.165) is 22.0 Å². The fourth-order valence-electron chi connectivity index (χ4n) is 2.81. The van der Waals surface area contributed by atoms with Crippen LogP contribution >= 0.6 is 11.3 Å². The van der Waals surface area contributed by atoms with Gasteiger partial charge >= 0.3 is 0 Å². The Kier molecular flexibility index (Phi) is 5.08. The van der Waals surface area contributed by atoms with Crippen LogP contribution in [0.25, 0.3) is 22.4 Å². The number of thiazole rings is 1. The minimum atomic E-state index is 0.780. The summed E-state index contributed by atoms with van der Waals surface area (Å²) in [5.74, 6) is 0. The van der Waals surface area contributed by atoms with Crippen molar-refractivity contribution in [2.24, 2.45) is 5.10 Å². The molecule has 0 saturated heterocycles.